The summed E-state index contributed by atoms with van der Waals surface area (Å²) in [6.45, 7) is 0.607. The van der Waals surface area contributed by atoms with Gasteiger partial charge in [0.1, 0.15) is 5.75 Å². The van der Waals surface area contributed by atoms with Crippen LogP contribution in [0.5, 0.6) is 5.75 Å². The van der Waals surface area contributed by atoms with Gasteiger partial charge in [-0.25, -0.2) is 0 Å². The Morgan fingerprint density at radius 2 is 2.22 bits per heavy atom. The fourth-order valence-electron chi connectivity index (χ4n) is 2.00. The van der Waals surface area contributed by atoms with Gasteiger partial charge in [-0.3, -0.25) is 9.59 Å². The molecule has 1 heterocycles. The lowest BCUT2D eigenvalue weighted by Gasteiger charge is -2.23. The molecule has 0 aliphatic carbocycles. The Bertz CT molecular complexity index is 459. The molecular formula is C13H16N2O3. The molecule has 5 nitrogen and oxygen atoms in total. The standard InChI is InChI=1S/C13H16N2O3/c1-18-11-5-3-2-4-10(11)13(17)15-9-6-7-14-12(16)8-9/h2-5,9H,6-8H2,1H3,(H,14,16)(H,15,17). The van der Waals surface area contributed by atoms with Gasteiger partial charge in [0.2, 0.25) is 5.91 Å². The molecule has 5 heteroatoms. The van der Waals surface area contributed by atoms with Gasteiger partial charge in [0.05, 0.1) is 12.7 Å². The maximum absolute atomic E-state index is 12.1. The van der Waals surface area contributed by atoms with Gasteiger partial charge in [0.15, 0.2) is 0 Å². The molecule has 0 aromatic heterocycles. The minimum absolute atomic E-state index is 0.0217. The monoisotopic (exact) mass is 248 g/mol. The van der Waals surface area contributed by atoms with E-state index in [1.165, 1.54) is 7.11 Å². The van der Waals surface area contributed by atoms with E-state index in [1.54, 1.807) is 18.2 Å². The number of carbonyl (C=O) groups is 2. The van der Waals surface area contributed by atoms with Gasteiger partial charge in [-0.15, -0.1) is 0 Å². The molecule has 1 unspecified atom stereocenters. The molecule has 0 bridgehead atoms. The average Bonchev–Trinajstić information content (AvgIpc) is 2.38. The first-order valence-corrected chi connectivity index (χ1v) is 5.91. The van der Waals surface area contributed by atoms with Gasteiger partial charge in [-0.05, 0) is 18.6 Å². The van der Waals surface area contributed by atoms with Crippen LogP contribution in [-0.4, -0.2) is 31.5 Å². The Morgan fingerprint density at radius 3 is 2.94 bits per heavy atom. The van der Waals surface area contributed by atoms with E-state index in [0.29, 0.717) is 24.3 Å². The smallest absolute Gasteiger partial charge is 0.255 e. The average molecular weight is 248 g/mol. The molecule has 1 aliphatic heterocycles. The predicted molar refractivity (Wildman–Crippen MR) is 66.5 cm³/mol. The van der Waals surface area contributed by atoms with E-state index in [9.17, 15) is 9.59 Å². The molecule has 2 N–H and O–H groups in total. The number of rotatable bonds is 3. The Balaban J connectivity index is 2.05. The summed E-state index contributed by atoms with van der Waals surface area (Å²) < 4.78 is 5.14. The first-order valence-electron chi connectivity index (χ1n) is 5.91. The number of piperidine rings is 1. The summed E-state index contributed by atoms with van der Waals surface area (Å²) in [5.74, 6) is 0.314. The summed E-state index contributed by atoms with van der Waals surface area (Å²) in [5.41, 5.74) is 0.492. The Kier molecular flexibility index (Phi) is 3.82. The van der Waals surface area contributed by atoms with Crippen LogP contribution < -0.4 is 15.4 Å². The molecule has 1 atom stereocenters. The molecule has 0 saturated carbocycles. The molecule has 1 saturated heterocycles. The number of hydrogen-bond donors (Lipinski definition) is 2. The summed E-state index contributed by atoms with van der Waals surface area (Å²) in [4.78, 5) is 23.3. The molecule has 0 radical (unpaired) electrons. The lowest BCUT2D eigenvalue weighted by molar-refractivity contribution is -0.122. The van der Waals surface area contributed by atoms with Gasteiger partial charge in [-0.1, -0.05) is 12.1 Å². The van der Waals surface area contributed by atoms with E-state index >= 15 is 0 Å². The number of hydrogen-bond acceptors (Lipinski definition) is 3. The van der Waals surface area contributed by atoms with Crippen LogP contribution in [0.2, 0.25) is 0 Å². The van der Waals surface area contributed by atoms with Gasteiger partial charge in [-0.2, -0.15) is 0 Å². The van der Waals surface area contributed by atoms with Crippen molar-refractivity contribution in [3.8, 4) is 5.75 Å². The number of para-hydroxylation sites is 1. The van der Waals surface area contributed by atoms with Crippen LogP contribution in [0, 0.1) is 0 Å². The number of ether oxygens (including phenoxy) is 1. The van der Waals surface area contributed by atoms with Crippen molar-refractivity contribution in [3.63, 3.8) is 0 Å². The highest BCUT2D eigenvalue weighted by molar-refractivity contribution is 5.97. The van der Waals surface area contributed by atoms with Crippen LogP contribution in [0.25, 0.3) is 0 Å². The van der Waals surface area contributed by atoms with E-state index in [4.69, 9.17) is 4.74 Å². The number of benzene rings is 1. The van der Waals surface area contributed by atoms with Crippen LogP contribution in [-0.2, 0) is 4.79 Å². The van der Waals surface area contributed by atoms with E-state index in [0.717, 1.165) is 6.42 Å². The van der Waals surface area contributed by atoms with E-state index in [1.807, 2.05) is 6.07 Å². The lowest BCUT2D eigenvalue weighted by Crippen LogP contribution is -2.45. The quantitative estimate of drug-likeness (QED) is 0.827. The van der Waals surface area contributed by atoms with Crippen molar-refractivity contribution < 1.29 is 14.3 Å². The Morgan fingerprint density at radius 1 is 1.44 bits per heavy atom. The van der Waals surface area contributed by atoms with E-state index in [-0.39, 0.29) is 17.9 Å². The second kappa shape index (κ2) is 5.53. The van der Waals surface area contributed by atoms with Crippen molar-refractivity contribution in [2.75, 3.05) is 13.7 Å². The van der Waals surface area contributed by atoms with E-state index < -0.39 is 0 Å². The fraction of sp³-hybridized carbons (Fsp3) is 0.385. The maximum Gasteiger partial charge on any atom is 0.255 e. The first kappa shape index (κ1) is 12.4. The van der Waals surface area contributed by atoms with Crippen molar-refractivity contribution in [2.45, 2.75) is 18.9 Å². The van der Waals surface area contributed by atoms with Gasteiger partial charge in [0, 0.05) is 19.0 Å². The molecule has 2 amide bonds. The van der Waals surface area contributed by atoms with Crippen molar-refractivity contribution in [1.82, 2.24) is 10.6 Å². The third-order valence-corrected chi connectivity index (χ3v) is 2.93. The Hall–Kier alpha value is -2.04. The van der Waals surface area contributed by atoms with Crippen molar-refractivity contribution in [2.24, 2.45) is 0 Å². The fourth-order valence-corrected chi connectivity index (χ4v) is 2.00. The summed E-state index contributed by atoms with van der Waals surface area (Å²) in [7, 11) is 1.53. The molecule has 1 aliphatic rings. The number of carbonyl (C=O) groups excluding carboxylic acids is 2. The minimum atomic E-state index is -0.202. The summed E-state index contributed by atoms with van der Waals surface area (Å²) in [6.07, 6.45) is 1.09. The zero-order valence-electron chi connectivity index (χ0n) is 10.2. The van der Waals surface area contributed by atoms with Crippen molar-refractivity contribution in [1.29, 1.82) is 0 Å². The summed E-state index contributed by atoms with van der Waals surface area (Å²) >= 11 is 0. The topological polar surface area (TPSA) is 67.4 Å². The highest BCUT2D eigenvalue weighted by Gasteiger charge is 2.22. The molecule has 0 spiro atoms. The molecule has 1 fully saturated rings. The minimum Gasteiger partial charge on any atom is -0.496 e. The van der Waals surface area contributed by atoms with Crippen LogP contribution in [0.1, 0.15) is 23.2 Å². The Labute approximate surface area is 106 Å². The van der Waals surface area contributed by atoms with Crippen LogP contribution in [0.3, 0.4) is 0 Å². The summed E-state index contributed by atoms with van der Waals surface area (Å²) in [5, 5.41) is 5.59. The second-order valence-electron chi connectivity index (χ2n) is 4.21. The molecular weight excluding hydrogens is 232 g/mol. The predicted octanol–water partition coefficient (Wildman–Crippen LogP) is 0.704. The third-order valence-electron chi connectivity index (χ3n) is 2.93. The number of amides is 2. The zero-order valence-corrected chi connectivity index (χ0v) is 10.2. The van der Waals surface area contributed by atoms with E-state index in [2.05, 4.69) is 10.6 Å². The third kappa shape index (κ3) is 2.80. The van der Waals surface area contributed by atoms with Crippen LogP contribution in [0.4, 0.5) is 0 Å². The SMILES string of the molecule is COc1ccccc1C(=O)NC1CCNC(=O)C1. The molecule has 96 valence electrons. The number of methoxy groups -OCH3 is 1. The molecule has 18 heavy (non-hydrogen) atoms. The summed E-state index contributed by atoms with van der Waals surface area (Å²) in [6, 6.07) is 6.94. The lowest BCUT2D eigenvalue weighted by atomic mass is 10.1. The van der Waals surface area contributed by atoms with Gasteiger partial charge >= 0.3 is 0 Å². The second-order valence-corrected chi connectivity index (χ2v) is 4.21. The van der Waals surface area contributed by atoms with Crippen LogP contribution in [0.15, 0.2) is 24.3 Å². The maximum atomic E-state index is 12.1. The van der Waals surface area contributed by atoms with Crippen molar-refractivity contribution in [3.05, 3.63) is 29.8 Å². The largest absolute Gasteiger partial charge is 0.496 e. The highest BCUT2D eigenvalue weighted by atomic mass is 16.5. The molecule has 1 aromatic carbocycles. The highest BCUT2D eigenvalue weighted by Crippen LogP contribution is 2.17. The normalized spacial score (nSPS) is 18.9. The van der Waals surface area contributed by atoms with Crippen LogP contribution >= 0.6 is 0 Å². The molecule has 1 aromatic rings. The number of nitrogens with one attached hydrogen (secondary N) is 2. The zero-order chi connectivity index (χ0) is 13.0. The van der Waals surface area contributed by atoms with Gasteiger partial charge in [0.25, 0.3) is 5.91 Å². The van der Waals surface area contributed by atoms with Crippen molar-refractivity contribution >= 4 is 11.8 Å². The van der Waals surface area contributed by atoms with Gasteiger partial charge < -0.3 is 15.4 Å². The first-order chi connectivity index (χ1) is 8.70. The molecule has 2 rings (SSSR count).